The molecule has 0 fully saturated rings. The molecule has 1 aromatic heterocycles. The number of thiazole rings is 1. The summed E-state index contributed by atoms with van der Waals surface area (Å²) < 4.78 is 9.54. The molecule has 2 rings (SSSR count). The van der Waals surface area contributed by atoms with Crippen LogP contribution >= 0.6 is 11.3 Å². The Hall–Kier alpha value is -2.08. The van der Waals surface area contributed by atoms with Gasteiger partial charge in [0.15, 0.2) is 17.2 Å². The van der Waals surface area contributed by atoms with Crippen molar-refractivity contribution >= 4 is 17.3 Å². The molecule has 0 aliphatic carbocycles. The van der Waals surface area contributed by atoms with E-state index in [9.17, 15) is 9.90 Å². The number of phenols is 1. The maximum absolute atomic E-state index is 11.3. The van der Waals surface area contributed by atoms with Gasteiger partial charge in [0.1, 0.15) is 5.01 Å². The lowest BCUT2D eigenvalue weighted by Gasteiger charge is -2.03. The molecular weight excluding hydrogens is 254 g/mol. The largest absolute Gasteiger partial charge is 0.504 e. The molecule has 2 aromatic rings. The molecule has 0 unspecified atom stereocenters. The zero-order chi connectivity index (χ0) is 13.1. The van der Waals surface area contributed by atoms with Gasteiger partial charge in [-0.3, -0.25) is 0 Å². The lowest BCUT2D eigenvalue weighted by molar-refractivity contribution is 0.0595. The summed E-state index contributed by atoms with van der Waals surface area (Å²) in [6.45, 7) is 0. The topological polar surface area (TPSA) is 68.7 Å². The highest BCUT2D eigenvalue weighted by atomic mass is 32.1. The van der Waals surface area contributed by atoms with Crippen molar-refractivity contribution in [1.82, 2.24) is 4.98 Å². The number of ether oxygens (including phenoxy) is 2. The smallest absolute Gasteiger partial charge is 0.357 e. The number of benzene rings is 1. The summed E-state index contributed by atoms with van der Waals surface area (Å²) >= 11 is 1.30. The molecule has 6 heteroatoms. The molecule has 94 valence electrons. The number of esters is 1. The molecule has 0 aliphatic rings. The first-order valence-corrected chi connectivity index (χ1v) is 5.95. The maximum Gasteiger partial charge on any atom is 0.357 e. The van der Waals surface area contributed by atoms with E-state index in [1.807, 2.05) is 0 Å². The second-order valence-corrected chi connectivity index (χ2v) is 4.27. The van der Waals surface area contributed by atoms with Crippen molar-refractivity contribution in [2.45, 2.75) is 0 Å². The lowest BCUT2D eigenvalue weighted by atomic mass is 10.2. The van der Waals surface area contributed by atoms with Gasteiger partial charge in [-0.15, -0.1) is 11.3 Å². The number of aromatic nitrogens is 1. The van der Waals surface area contributed by atoms with Crippen LogP contribution in [0.5, 0.6) is 11.5 Å². The standard InChI is InChI=1S/C12H11NO4S/c1-16-10-4-3-7(5-9(10)14)11-13-8(6-18-11)12(15)17-2/h3-6,14H,1-2H3. The van der Waals surface area contributed by atoms with E-state index >= 15 is 0 Å². The highest BCUT2D eigenvalue weighted by molar-refractivity contribution is 7.13. The van der Waals surface area contributed by atoms with Crippen LogP contribution in [0.4, 0.5) is 0 Å². The third-order valence-corrected chi connectivity index (χ3v) is 3.22. The van der Waals surface area contributed by atoms with E-state index in [0.29, 0.717) is 16.3 Å². The molecule has 0 spiro atoms. The van der Waals surface area contributed by atoms with Gasteiger partial charge < -0.3 is 14.6 Å². The van der Waals surface area contributed by atoms with E-state index in [2.05, 4.69) is 9.72 Å². The van der Waals surface area contributed by atoms with Gasteiger partial charge in [0.05, 0.1) is 14.2 Å². The fourth-order valence-electron chi connectivity index (χ4n) is 1.43. The van der Waals surface area contributed by atoms with Crippen LogP contribution in [0.1, 0.15) is 10.5 Å². The molecule has 0 radical (unpaired) electrons. The van der Waals surface area contributed by atoms with Crippen molar-refractivity contribution in [3.8, 4) is 22.1 Å². The summed E-state index contributed by atoms with van der Waals surface area (Å²) in [5, 5.41) is 11.9. The Kier molecular flexibility index (Phi) is 3.47. The molecule has 0 amide bonds. The Balaban J connectivity index is 2.34. The minimum Gasteiger partial charge on any atom is -0.504 e. The minimum absolute atomic E-state index is 0.0322. The number of phenolic OH excluding ortho intramolecular Hbond substituents is 1. The van der Waals surface area contributed by atoms with Gasteiger partial charge in [0, 0.05) is 10.9 Å². The highest BCUT2D eigenvalue weighted by Gasteiger charge is 2.13. The first-order chi connectivity index (χ1) is 8.65. The quantitative estimate of drug-likeness (QED) is 0.862. The highest BCUT2D eigenvalue weighted by Crippen LogP contribution is 2.32. The van der Waals surface area contributed by atoms with Gasteiger partial charge in [-0.25, -0.2) is 9.78 Å². The average molecular weight is 265 g/mol. The van der Waals surface area contributed by atoms with Crippen molar-refractivity contribution < 1.29 is 19.4 Å². The minimum atomic E-state index is -0.477. The second kappa shape index (κ2) is 5.05. The van der Waals surface area contributed by atoms with E-state index in [1.54, 1.807) is 23.6 Å². The van der Waals surface area contributed by atoms with Crippen LogP contribution in [-0.2, 0) is 4.74 Å². The number of hydrogen-bond donors (Lipinski definition) is 1. The molecule has 1 heterocycles. The average Bonchev–Trinajstić information content (AvgIpc) is 2.87. The first kappa shape index (κ1) is 12.4. The van der Waals surface area contributed by atoms with E-state index < -0.39 is 5.97 Å². The van der Waals surface area contributed by atoms with Gasteiger partial charge in [-0.1, -0.05) is 0 Å². The van der Waals surface area contributed by atoms with Gasteiger partial charge in [0.25, 0.3) is 0 Å². The summed E-state index contributed by atoms with van der Waals surface area (Å²) in [7, 11) is 2.79. The normalized spacial score (nSPS) is 10.1. The van der Waals surface area contributed by atoms with Crippen molar-refractivity contribution in [1.29, 1.82) is 0 Å². The number of nitrogens with zero attached hydrogens (tertiary/aromatic N) is 1. The summed E-state index contributed by atoms with van der Waals surface area (Å²) in [5.41, 5.74) is 0.973. The Morgan fingerprint density at radius 3 is 2.78 bits per heavy atom. The molecule has 0 aliphatic heterocycles. The molecule has 18 heavy (non-hydrogen) atoms. The molecule has 0 bridgehead atoms. The third kappa shape index (κ3) is 2.28. The number of rotatable bonds is 3. The van der Waals surface area contributed by atoms with Gasteiger partial charge >= 0.3 is 5.97 Å². The van der Waals surface area contributed by atoms with Crippen LogP contribution in [0.3, 0.4) is 0 Å². The van der Waals surface area contributed by atoms with E-state index in [0.717, 1.165) is 0 Å². The van der Waals surface area contributed by atoms with Crippen molar-refractivity contribution in [3.63, 3.8) is 0 Å². The predicted octanol–water partition coefficient (Wildman–Crippen LogP) is 2.31. The fourth-order valence-corrected chi connectivity index (χ4v) is 2.21. The molecule has 0 saturated carbocycles. The van der Waals surface area contributed by atoms with Crippen LogP contribution in [0.15, 0.2) is 23.6 Å². The fraction of sp³-hybridized carbons (Fsp3) is 0.167. The van der Waals surface area contributed by atoms with E-state index in [1.165, 1.54) is 25.6 Å². The summed E-state index contributed by atoms with van der Waals surface area (Å²) in [4.78, 5) is 15.4. The lowest BCUT2D eigenvalue weighted by Crippen LogP contribution is -2.00. The van der Waals surface area contributed by atoms with E-state index in [4.69, 9.17) is 4.74 Å². The van der Waals surface area contributed by atoms with Gasteiger partial charge in [-0.2, -0.15) is 0 Å². The van der Waals surface area contributed by atoms with E-state index in [-0.39, 0.29) is 11.4 Å². The number of carbonyl (C=O) groups excluding carboxylic acids is 1. The monoisotopic (exact) mass is 265 g/mol. The number of methoxy groups -OCH3 is 2. The molecule has 5 nitrogen and oxygen atoms in total. The summed E-state index contributed by atoms with van der Waals surface area (Å²) in [5.74, 6) is -0.0523. The summed E-state index contributed by atoms with van der Waals surface area (Å²) in [6.07, 6.45) is 0. The number of aromatic hydroxyl groups is 1. The van der Waals surface area contributed by atoms with Crippen molar-refractivity contribution in [3.05, 3.63) is 29.3 Å². The second-order valence-electron chi connectivity index (χ2n) is 3.42. The Bertz CT molecular complexity index is 579. The molecule has 1 N–H and O–H groups in total. The third-order valence-electron chi connectivity index (χ3n) is 2.32. The number of carbonyl (C=O) groups is 1. The molecule has 1 aromatic carbocycles. The first-order valence-electron chi connectivity index (χ1n) is 5.07. The Morgan fingerprint density at radius 1 is 1.39 bits per heavy atom. The maximum atomic E-state index is 11.3. The van der Waals surface area contributed by atoms with Crippen molar-refractivity contribution in [2.75, 3.05) is 14.2 Å². The number of hydrogen-bond acceptors (Lipinski definition) is 6. The molecule has 0 atom stereocenters. The van der Waals surface area contributed by atoms with Crippen LogP contribution in [0, 0.1) is 0 Å². The molecule has 0 saturated heterocycles. The van der Waals surface area contributed by atoms with Gasteiger partial charge in [-0.05, 0) is 18.2 Å². The predicted molar refractivity (Wildman–Crippen MR) is 67.1 cm³/mol. The van der Waals surface area contributed by atoms with Crippen LogP contribution < -0.4 is 4.74 Å². The van der Waals surface area contributed by atoms with Crippen molar-refractivity contribution in [2.24, 2.45) is 0 Å². The van der Waals surface area contributed by atoms with Crippen LogP contribution in [0.2, 0.25) is 0 Å². The summed E-state index contributed by atoms with van der Waals surface area (Å²) in [6, 6.07) is 4.95. The SMILES string of the molecule is COC(=O)c1csc(-c2ccc(OC)c(O)c2)n1. The Morgan fingerprint density at radius 2 is 2.17 bits per heavy atom. The van der Waals surface area contributed by atoms with Crippen LogP contribution in [0.25, 0.3) is 10.6 Å². The zero-order valence-electron chi connectivity index (χ0n) is 9.84. The molecular formula is C12H11NO4S. The zero-order valence-corrected chi connectivity index (χ0v) is 10.7. The Labute approximate surface area is 108 Å². The van der Waals surface area contributed by atoms with Gasteiger partial charge in [0.2, 0.25) is 0 Å². The van der Waals surface area contributed by atoms with Crippen LogP contribution in [-0.4, -0.2) is 30.3 Å².